The van der Waals surface area contributed by atoms with Crippen LogP contribution in [0.1, 0.15) is 18.0 Å². The van der Waals surface area contributed by atoms with Crippen LogP contribution in [0.2, 0.25) is 15.1 Å². The third-order valence-corrected chi connectivity index (χ3v) is 4.39. The first-order valence-corrected chi connectivity index (χ1v) is 7.42. The summed E-state index contributed by atoms with van der Waals surface area (Å²) in [7, 11) is 0. The van der Waals surface area contributed by atoms with E-state index in [1.54, 1.807) is 12.1 Å². The molecule has 1 aromatic rings. The highest BCUT2D eigenvalue weighted by molar-refractivity contribution is 6.43. The molecule has 1 aliphatic rings. The molecular formula is C13H16Cl3FN2. The van der Waals surface area contributed by atoms with E-state index in [0.29, 0.717) is 21.5 Å². The number of rotatable bonds is 4. The fourth-order valence-electron chi connectivity index (χ4n) is 2.45. The number of benzene rings is 1. The van der Waals surface area contributed by atoms with Gasteiger partial charge in [-0.3, -0.25) is 9.29 Å². The fraction of sp³-hybridized carbons (Fsp3) is 0.538. The van der Waals surface area contributed by atoms with Gasteiger partial charge in [-0.2, -0.15) is 0 Å². The third-order valence-electron chi connectivity index (χ3n) is 3.36. The van der Waals surface area contributed by atoms with E-state index in [9.17, 15) is 4.39 Å². The largest absolute Gasteiger partial charge is 0.314 e. The Morgan fingerprint density at radius 2 is 1.89 bits per heavy atom. The number of piperazine rings is 1. The molecule has 1 aliphatic heterocycles. The Bertz CT molecular complexity index is 436. The second-order valence-electron chi connectivity index (χ2n) is 4.57. The predicted molar refractivity (Wildman–Crippen MR) is 79.2 cm³/mol. The van der Waals surface area contributed by atoms with E-state index in [-0.39, 0.29) is 6.04 Å². The monoisotopic (exact) mass is 324 g/mol. The van der Waals surface area contributed by atoms with Crippen molar-refractivity contribution in [2.24, 2.45) is 0 Å². The van der Waals surface area contributed by atoms with E-state index in [2.05, 4.69) is 10.2 Å². The van der Waals surface area contributed by atoms with Gasteiger partial charge in [-0.25, -0.2) is 0 Å². The number of hydrogen-bond donors (Lipinski definition) is 1. The summed E-state index contributed by atoms with van der Waals surface area (Å²) >= 11 is 18.4. The Labute approximate surface area is 127 Å². The Morgan fingerprint density at radius 3 is 2.53 bits per heavy atom. The SMILES string of the molecule is FCC[C@H](c1cc(Cl)cc(Cl)c1Cl)N1CCNCC1. The molecule has 0 bridgehead atoms. The summed E-state index contributed by atoms with van der Waals surface area (Å²) in [5.41, 5.74) is 0.818. The van der Waals surface area contributed by atoms with Gasteiger partial charge in [0, 0.05) is 37.2 Å². The van der Waals surface area contributed by atoms with Crippen molar-refractivity contribution in [2.45, 2.75) is 12.5 Å². The highest BCUT2D eigenvalue weighted by Crippen LogP contribution is 2.37. The molecule has 0 amide bonds. The minimum Gasteiger partial charge on any atom is -0.314 e. The van der Waals surface area contributed by atoms with Crippen LogP contribution in [-0.4, -0.2) is 37.8 Å². The zero-order valence-electron chi connectivity index (χ0n) is 10.4. The van der Waals surface area contributed by atoms with Gasteiger partial charge in [0.05, 0.1) is 16.7 Å². The molecule has 0 aromatic heterocycles. The molecule has 0 aliphatic carbocycles. The molecule has 1 atom stereocenters. The number of nitrogens with one attached hydrogen (secondary N) is 1. The first-order chi connectivity index (χ1) is 9.13. The Morgan fingerprint density at radius 1 is 1.21 bits per heavy atom. The van der Waals surface area contributed by atoms with Crippen molar-refractivity contribution < 1.29 is 4.39 Å². The van der Waals surface area contributed by atoms with Crippen molar-refractivity contribution in [2.75, 3.05) is 32.9 Å². The molecule has 2 rings (SSSR count). The number of halogens is 4. The Balaban J connectivity index is 2.32. The molecule has 1 aromatic carbocycles. The van der Waals surface area contributed by atoms with Crippen molar-refractivity contribution >= 4 is 34.8 Å². The van der Waals surface area contributed by atoms with Gasteiger partial charge in [-0.15, -0.1) is 0 Å². The average molecular weight is 326 g/mol. The molecule has 1 fully saturated rings. The van der Waals surface area contributed by atoms with Crippen molar-refractivity contribution in [3.8, 4) is 0 Å². The van der Waals surface area contributed by atoms with Gasteiger partial charge >= 0.3 is 0 Å². The number of alkyl halides is 1. The summed E-state index contributed by atoms with van der Waals surface area (Å²) in [6.07, 6.45) is 0.399. The van der Waals surface area contributed by atoms with E-state index < -0.39 is 6.67 Å². The molecule has 106 valence electrons. The molecule has 0 radical (unpaired) electrons. The Kier molecular flexibility index (Phi) is 5.72. The van der Waals surface area contributed by atoms with Crippen LogP contribution >= 0.6 is 34.8 Å². The second kappa shape index (κ2) is 7.09. The lowest BCUT2D eigenvalue weighted by atomic mass is 10.0. The summed E-state index contributed by atoms with van der Waals surface area (Å²) in [5, 5.41) is 4.71. The summed E-state index contributed by atoms with van der Waals surface area (Å²) in [6, 6.07) is 3.33. The van der Waals surface area contributed by atoms with Crippen LogP contribution in [0.15, 0.2) is 12.1 Å². The third kappa shape index (κ3) is 3.73. The summed E-state index contributed by atoms with van der Waals surface area (Å²) in [4.78, 5) is 2.23. The van der Waals surface area contributed by atoms with Gasteiger partial charge in [0.2, 0.25) is 0 Å². The van der Waals surface area contributed by atoms with Gasteiger partial charge in [0.25, 0.3) is 0 Å². The van der Waals surface area contributed by atoms with E-state index in [4.69, 9.17) is 34.8 Å². The first-order valence-electron chi connectivity index (χ1n) is 6.28. The van der Waals surface area contributed by atoms with E-state index in [1.807, 2.05) is 0 Å². The number of hydrogen-bond acceptors (Lipinski definition) is 2. The van der Waals surface area contributed by atoms with Crippen LogP contribution in [0.25, 0.3) is 0 Å². The second-order valence-corrected chi connectivity index (χ2v) is 5.79. The van der Waals surface area contributed by atoms with Gasteiger partial charge in [0.1, 0.15) is 0 Å². The van der Waals surface area contributed by atoms with Crippen LogP contribution in [-0.2, 0) is 0 Å². The number of nitrogens with zero attached hydrogens (tertiary/aromatic N) is 1. The van der Waals surface area contributed by atoms with Crippen molar-refractivity contribution in [3.05, 3.63) is 32.8 Å². The highest BCUT2D eigenvalue weighted by Gasteiger charge is 2.25. The molecule has 0 saturated carbocycles. The minimum atomic E-state index is -0.394. The fourth-order valence-corrected chi connectivity index (χ4v) is 3.19. The summed E-state index contributed by atoms with van der Waals surface area (Å²) in [5.74, 6) is 0. The summed E-state index contributed by atoms with van der Waals surface area (Å²) in [6.45, 7) is 3.13. The van der Waals surface area contributed by atoms with Gasteiger partial charge in [0.15, 0.2) is 0 Å². The predicted octanol–water partition coefficient (Wildman–Crippen LogP) is 3.95. The molecule has 1 heterocycles. The van der Waals surface area contributed by atoms with Crippen LogP contribution in [0.4, 0.5) is 4.39 Å². The average Bonchev–Trinajstić information content (AvgIpc) is 2.41. The topological polar surface area (TPSA) is 15.3 Å². The van der Waals surface area contributed by atoms with E-state index >= 15 is 0 Å². The van der Waals surface area contributed by atoms with Crippen molar-refractivity contribution in [1.29, 1.82) is 0 Å². The molecule has 6 heteroatoms. The van der Waals surface area contributed by atoms with Crippen molar-refractivity contribution in [3.63, 3.8) is 0 Å². The van der Waals surface area contributed by atoms with E-state index in [1.165, 1.54) is 0 Å². The maximum atomic E-state index is 12.9. The molecule has 1 saturated heterocycles. The standard InChI is InChI=1S/C13H16Cl3FN2/c14-9-7-10(13(16)11(15)8-9)12(1-2-17)19-5-3-18-4-6-19/h7-8,12,18H,1-6H2/t12-/m1/s1. The minimum absolute atomic E-state index is 0.0733. The van der Waals surface area contributed by atoms with Crippen LogP contribution < -0.4 is 5.32 Å². The molecule has 0 unspecified atom stereocenters. The maximum Gasteiger partial charge on any atom is 0.0912 e. The smallest absolute Gasteiger partial charge is 0.0912 e. The maximum absolute atomic E-state index is 12.9. The molecule has 19 heavy (non-hydrogen) atoms. The van der Waals surface area contributed by atoms with Crippen molar-refractivity contribution in [1.82, 2.24) is 10.2 Å². The van der Waals surface area contributed by atoms with Crippen LogP contribution in [0, 0.1) is 0 Å². The quantitative estimate of drug-likeness (QED) is 0.843. The lowest BCUT2D eigenvalue weighted by molar-refractivity contribution is 0.157. The molecular weight excluding hydrogens is 310 g/mol. The van der Waals surface area contributed by atoms with Gasteiger partial charge in [-0.05, 0) is 24.1 Å². The lowest BCUT2D eigenvalue weighted by Gasteiger charge is -2.35. The van der Waals surface area contributed by atoms with Crippen LogP contribution in [0.5, 0.6) is 0 Å². The lowest BCUT2D eigenvalue weighted by Crippen LogP contribution is -2.45. The Hall–Kier alpha value is -0.0600. The van der Waals surface area contributed by atoms with Crippen LogP contribution in [0.3, 0.4) is 0 Å². The summed E-state index contributed by atoms with van der Waals surface area (Å²) < 4.78 is 12.9. The highest BCUT2D eigenvalue weighted by atomic mass is 35.5. The molecule has 1 N–H and O–H groups in total. The zero-order valence-corrected chi connectivity index (χ0v) is 12.7. The van der Waals surface area contributed by atoms with Gasteiger partial charge in [-0.1, -0.05) is 34.8 Å². The van der Waals surface area contributed by atoms with Gasteiger partial charge < -0.3 is 5.32 Å². The molecule has 0 spiro atoms. The molecule has 2 nitrogen and oxygen atoms in total. The first kappa shape index (κ1) is 15.3. The normalized spacial score (nSPS) is 18.5. The van der Waals surface area contributed by atoms with E-state index in [0.717, 1.165) is 31.7 Å². The zero-order chi connectivity index (χ0) is 13.8.